The van der Waals surface area contributed by atoms with E-state index < -0.39 is 0 Å². The van der Waals surface area contributed by atoms with Gasteiger partial charge < -0.3 is 15.4 Å². The molecule has 1 aromatic heterocycles. The van der Waals surface area contributed by atoms with Gasteiger partial charge in [-0.25, -0.2) is 14.2 Å². The Morgan fingerprint density at radius 3 is 2.91 bits per heavy atom. The third-order valence-electron chi connectivity index (χ3n) is 3.16. The Morgan fingerprint density at radius 2 is 2.13 bits per heavy atom. The van der Waals surface area contributed by atoms with Gasteiger partial charge in [0.15, 0.2) is 0 Å². The van der Waals surface area contributed by atoms with E-state index in [1.165, 1.54) is 12.1 Å². The third kappa shape index (κ3) is 5.58. The Labute approximate surface area is 134 Å². The number of rotatable bonds is 7. The van der Waals surface area contributed by atoms with Crippen LogP contribution in [0.4, 0.5) is 9.18 Å². The second kappa shape index (κ2) is 8.73. The van der Waals surface area contributed by atoms with E-state index in [-0.39, 0.29) is 11.8 Å². The molecule has 0 aliphatic rings. The van der Waals surface area contributed by atoms with Gasteiger partial charge in [0.25, 0.3) is 0 Å². The zero-order valence-corrected chi connectivity index (χ0v) is 13.0. The van der Waals surface area contributed by atoms with Crippen LogP contribution in [-0.2, 0) is 13.0 Å². The molecule has 0 radical (unpaired) electrons. The van der Waals surface area contributed by atoms with Gasteiger partial charge in [-0.15, -0.1) is 0 Å². The highest BCUT2D eigenvalue weighted by atomic mass is 19.1. The van der Waals surface area contributed by atoms with Crippen molar-refractivity contribution in [2.45, 2.75) is 19.9 Å². The summed E-state index contributed by atoms with van der Waals surface area (Å²) >= 11 is 0. The summed E-state index contributed by atoms with van der Waals surface area (Å²) in [5.41, 5.74) is 1.66. The quantitative estimate of drug-likeness (QED) is 0.825. The Morgan fingerprint density at radius 1 is 1.26 bits per heavy atom. The zero-order valence-electron chi connectivity index (χ0n) is 13.0. The van der Waals surface area contributed by atoms with E-state index in [0.717, 1.165) is 11.1 Å². The number of nitrogens with one attached hydrogen (secondary N) is 2. The van der Waals surface area contributed by atoms with E-state index in [0.29, 0.717) is 32.0 Å². The van der Waals surface area contributed by atoms with Gasteiger partial charge in [-0.1, -0.05) is 18.2 Å². The summed E-state index contributed by atoms with van der Waals surface area (Å²) in [6.45, 7) is 3.16. The lowest BCUT2D eigenvalue weighted by Crippen LogP contribution is -2.36. The first-order valence-corrected chi connectivity index (χ1v) is 7.52. The van der Waals surface area contributed by atoms with Crippen LogP contribution in [0.2, 0.25) is 0 Å². The van der Waals surface area contributed by atoms with Gasteiger partial charge in [0.1, 0.15) is 5.82 Å². The fourth-order valence-electron chi connectivity index (χ4n) is 2.08. The van der Waals surface area contributed by atoms with Crippen LogP contribution in [-0.4, -0.2) is 24.2 Å². The second-order valence-corrected chi connectivity index (χ2v) is 4.89. The molecule has 0 bridgehead atoms. The summed E-state index contributed by atoms with van der Waals surface area (Å²) in [6.07, 6.45) is 2.22. The van der Waals surface area contributed by atoms with E-state index in [1.807, 2.05) is 19.1 Å². The van der Waals surface area contributed by atoms with Crippen LogP contribution >= 0.6 is 0 Å². The molecule has 1 heterocycles. The maximum Gasteiger partial charge on any atom is 0.315 e. The van der Waals surface area contributed by atoms with Crippen molar-refractivity contribution in [3.63, 3.8) is 0 Å². The molecule has 0 saturated carbocycles. The molecule has 0 saturated heterocycles. The number of hydrogen-bond donors (Lipinski definition) is 2. The number of urea groups is 1. The summed E-state index contributed by atoms with van der Waals surface area (Å²) in [7, 11) is 0. The van der Waals surface area contributed by atoms with Crippen LogP contribution in [0.25, 0.3) is 0 Å². The summed E-state index contributed by atoms with van der Waals surface area (Å²) in [5.74, 6) is 0.252. The van der Waals surface area contributed by atoms with E-state index in [2.05, 4.69) is 15.6 Å². The molecule has 0 fully saturated rings. The van der Waals surface area contributed by atoms with Crippen molar-refractivity contribution in [2.24, 2.45) is 0 Å². The molecule has 2 aromatic rings. The standard InChI is InChI=1S/C17H20FN3O2/c1-2-23-16-14(6-4-9-19-16)12-21-17(22)20-10-8-13-5-3-7-15(18)11-13/h3-7,9,11H,2,8,10,12H2,1H3,(H2,20,21,22). The average molecular weight is 317 g/mol. The SMILES string of the molecule is CCOc1ncccc1CNC(=O)NCCc1cccc(F)c1. The molecule has 0 atom stereocenters. The highest BCUT2D eigenvalue weighted by molar-refractivity contribution is 5.73. The van der Waals surface area contributed by atoms with Crippen LogP contribution < -0.4 is 15.4 Å². The molecule has 23 heavy (non-hydrogen) atoms. The minimum atomic E-state index is -0.285. The molecule has 0 unspecified atom stereocenters. The number of hydrogen-bond acceptors (Lipinski definition) is 3. The normalized spacial score (nSPS) is 10.2. The van der Waals surface area contributed by atoms with Gasteiger partial charge in [-0.3, -0.25) is 0 Å². The molecule has 5 nitrogen and oxygen atoms in total. The van der Waals surface area contributed by atoms with Crippen LogP contribution in [0.15, 0.2) is 42.6 Å². The molecule has 1 aromatic carbocycles. The number of carbonyl (C=O) groups excluding carboxylic acids is 1. The maximum atomic E-state index is 13.0. The van der Waals surface area contributed by atoms with E-state index in [4.69, 9.17) is 4.74 Å². The van der Waals surface area contributed by atoms with Crippen molar-refractivity contribution in [3.8, 4) is 5.88 Å². The van der Waals surface area contributed by atoms with Crippen molar-refractivity contribution >= 4 is 6.03 Å². The molecule has 0 aliphatic carbocycles. The molecule has 6 heteroatoms. The number of benzene rings is 1. The zero-order chi connectivity index (χ0) is 16.5. The first kappa shape index (κ1) is 16.7. The van der Waals surface area contributed by atoms with Crippen molar-refractivity contribution in [2.75, 3.05) is 13.2 Å². The third-order valence-corrected chi connectivity index (χ3v) is 3.16. The lowest BCUT2D eigenvalue weighted by atomic mass is 10.1. The molecule has 0 spiro atoms. The smallest absolute Gasteiger partial charge is 0.315 e. The molecular weight excluding hydrogens is 297 g/mol. The average Bonchev–Trinajstić information content (AvgIpc) is 2.54. The summed E-state index contributed by atoms with van der Waals surface area (Å²) < 4.78 is 18.4. The van der Waals surface area contributed by atoms with Gasteiger partial charge in [-0.2, -0.15) is 0 Å². The number of amides is 2. The Bertz CT molecular complexity index is 649. The van der Waals surface area contributed by atoms with E-state index in [9.17, 15) is 9.18 Å². The fraction of sp³-hybridized carbons (Fsp3) is 0.294. The number of nitrogens with zero attached hydrogens (tertiary/aromatic N) is 1. The highest BCUT2D eigenvalue weighted by Crippen LogP contribution is 2.13. The maximum absolute atomic E-state index is 13.0. The van der Waals surface area contributed by atoms with E-state index >= 15 is 0 Å². The Balaban J connectivity index is 1.75. The Kier molecular flexibility index (Phi) is 6.35. The van der Waals surface area contributed by atoms with E-state index in [1.54, 1.807) is 18.3 Å². The van der Waals surface area contributed by atoms with Crippen LogP contribution in [0, 0.1) is 5.82 Å². The van der Waals surface area contributed by atoms with Crippen LogP contribution in [0.1, 0.15) is 18.1 Å². The van der Waals surface area contributed by atoms with Crippen molar-refractivity contribution < 1.29 is 13.9 Å². The minimum Gasteiger partial charge on any atom is -0.478 e. The first-order chi connectivity index (χ1) is 11.2. The van der Waals surface area contributed by atoms with Crippen LogP contribution in [0.5, 0.6) is 5.88 Å². The predicted octanol–water partition coefficient (Wildman–Crippen LogP) is 2.66. The molecule has 2 amide bonds. The number of pyridine rings is 1. The van der Waals surface area contributed by atoms with Crippen molar-refractivity contribution in [1.29, 1.82) is 0 Å². The van der Waals surface area contributed by atoms with Gasteiger partial charge in [0.05, 0.1) is 6.61 Å². The molecular formula is C17H20FN3O2. The fourth-order valence-corrected chi connectivity index (χ4v) is 2.08. The monoisotopic (exact) mass is 317 g/mol. The largest absolute Gasteiger partial charge is 0.478 e. The molecule has 2 N–H and O–H groups in total. The number of halogens is 1. The number of aromatic nitrogens is 1. The molecule has 122 valence electrons. The summed E-state index contributed by atoms with van der Waals surface area (Å²) in [4.78, 5) is 15.9. The van der Waals surface area contributed by atoms with Crippen molar-refractivity contribution in [1.82, 2.24) is 15.6 Å². The van der Waals surface area contributed by atoms with Gasteiger partial charge >= 0.3 is 6.03 Å². The highest BCUT2D eigenvalue weighted by Gasteiger charge is 2.06. The van der Waals surface area contributed by atoms with Gasteiger partial charge in [0, 0.05) is 24.8 Å². The lowest BCUT2D eigenvalue weighted by molar-refractivity contribution is 0.240. The second-order valence-electron chi connectivity index (χ2n) is 4.89. The number of ether oxygens (including phenoxy) is 1. The van der Waals surface area contributed by atoms with Gasteiger partial charge in [-0.05, 0) is 37.1 Å². The predicted molar refractivity (Wildman–Crippen MR) is 85.7 cm³/mol. The minimum absolute atomic E-state index is 0.271. The lowest BCUT2D eigenvalue weighted by Gasteiger charge is -2.10. The molecule has 0 aliphatic heterocycles. The van der Waals surface area contributed by atoms with Crippen LogP contribution in [0.3, 0.4) is 0 Å². The Hall–Kier alpha value is -2.63. The first-order valence-electron chi connectivity index (χ1n) is 7.52. The topological polar surface area (TPSA) is 63.2 Å². The van der Waals surface area contributed by atoms with Gasteiger partial charge in [0.2, 0.25) is 5.88 Å². The summed E-state index contributed by atoms with van der Waals surface area (Å²) in [6, 6.07) is 9.70. The summed E-state index contributed by atoms with van der Waals surface area (Å²) in [5, 5.41) is 5.49. The van der Waals surface area contributed by atoms with Crippen molar-refractivity contribution in [3.05, 3.63) is 59.5 Å². The number of carbonyl (C=O) groups is 1. The molecule has 2 rings (SSSR count).